The lowest BCUT2D eigenvalue weighted by atomic mass is 9.88. The smallest absolute Gasteiger partial charge is 0.374 e. The maximum atomic E-state index is 12.4. The Labute approximate surface area is 172 Å². The van der Waals surface area contributed by atoms with Crippen LogP contribution in [-0.2, 0) is 25.7 Å². The molecule has 1 aromatic carbocycles. The zero-order valence-corrected chi connectivity index (χ0v) is 16.8. The minimum absolute atomic E-state index is 0.0392. The van der Waals surface area contributed by atoms with Gasteiger partial charge in [0.2, 0.25) is 12.3 Å². The molecule has 0 unspecified atom stereocenters. The van der Waals surface area contributed by atoms with Crippen molar-refractivity contribution < 1.29 is 33.2 Å². The lowest BCUT2D eigenvalue weighted by Crippen LogP contribution is -2.27. The molecule has 0 bridgehead atoms. The molecular weight excluding hydrogens is 394 g/mol. The normalized spacial score (nSPS) is 21.0. The molecule has 1 aliphatic carbocycles. The minimum atomic E-state index is -0.733. The first kappa shape index (κ1) is 21.5. The van der Waals surface area contributed by atoms with Gasteiger partial charge in [0.05, 0.1) is 18.6 Å². The molecule has 0 radical (unpaired) electrons. The Kier molecular flexibility index (Phi) is 6.49. The van der Waals surface area contributed by atoms with E-state index >= 15 is 0 Å². The average Bonchev–Trinajstić information content (AvgIpc) is 3.18. The molecule has 3 rings (SSSR count). The van der Waals surface area contributed by atoms with Gasteiger partial charge in [-0.05, 0) is 18.9 Å². The first-order chi connectivity index (χ1) is 14.3. The van der Waals surface area contributed by atoms with Crippen LogP contribution < -0.4 is 0 Å². The maximum absolute atomic E-state index is 12.4. The van der Waals surface area contributed by atoms with Gasteiger partial charge < -0.3 is 13.9 Å². The predicted octanol–water partition coefficient (Wildman–Crippen LogP) is 3.16. The summed E-state index contributed by atoms with van der Waals surface area (Å²) in [6, 6.07) is 6.93. The van der Waals surface area contributed by atoms with Crippen LogP contribution in [0.2, 0.25) is 0 Å². The number of esters is 2. The van der Waals surface area contributed by atoms with Crippen LogP contribution in [0.15, 0.2) is 28.7 Å². The number of fused-ring (bicyclic) bond motifs is 1. The van der Waals surface area contributed by atoms with Crippen LogP contribution in [0.5, 0.6) is 0 Å². The number of ketones is 1. The number of benzene rings is 1. The molecule has 1 heterocycles. The third kappa shape index (κ3) is 4.50. The number of ether oxygens (including phenoxy) is 2. The van der Waals surface area contributed by atoms with Gasteiger partial charge in [-0.15, -0.1) is 0 Å². The number of Topliss-reactive ketones (excluding diaryl/α,β-unsaturated/α-hetero) is 1. The molecule has 3 atom stereocenters. The lowest BCUT2D eigenvalue weighted by Gasteiger charge is -2.17. The van der Waals surface area contributed by atoms with Gasteiger partial charge in [-0.25, -0.2) is 4.79 Å². The van der Waals surface area contributed by atoms with Gasteiger partial charge in [-0.1, -0.05) is 25.1 Å². The summed E-state index contributed by atoms with van der Waals surface area (Å²) in [5.41, 5.74) is 0.836. The van der Waals surface area contributed by atoms with Crippen LogP contribution in [0.1, 0.15) is 42.8 Å². The van der Waals surface area contributed by atoms with Crippen LogP contribution in [0.3, 0.4) is 0 Å². The third-order valence-electron chi connectivity index (χ3n) is 5.47. The second-order valence-corrected chi connectivity index (χ2v) is 7.42. The summed E-state index contributed by atoms with van der Waals surface area (Å²) < 4.78 is 15.9. The highest BCUT2D eigenvalue weighted by atomic mass is 16.6. The highest BCUT2D eigenvalue weighted by Gasteiger charge is 2.44. The zero-order chi connectivity index (χ0) is 21.8. The van der Waals surface area contributed by atoms with Crippen molar-refractivity contribution in [3.63, 3.8) is 0 Å². The van der Waals surface area contributed by atoms with Crippen molar-refractivity contribution in [2.24, 2.45) is 17.8 Å². The number of hydrogen-bond donors (Lipinski definition) is 0. The molecule has 0 N–H and O–H groups in total. The molecule has 0 spiro atoms. The number of furan rings is 1. The van der Waals surface area contributed by atoms with Crippen LogP contribution >= 0.6 is 0 Å². The summed E-state index contributed by atoms with van der Waals surface area (Å²) >= 11 is 0. The molecule has 9 heteroatoms. The number of hydrogen-bond acceptors (Lipinski definition) is 8. The van der Waals surface area contributed by atoms with Gasteiger partial charge in [0.1, 0.15) is 18.0 Å². The fraction of sp³-hybridized carbons (Fsp3) is 0.476. The van der Waals surface area contributed by atoms with Crippen LogP contribution in [-0.4, -0.2) is 35.8 Å². The largest absolute Gasteiger partial charge is 0.461 e. The van der Waals surface area contributed by atoms with Crippen molar-refractivity contribution in [3.8, 4) is 0 Å². The van der Waals surface area contributed by atoms with E-state index < -0.39 is 28.7 Å². The number of carbonyl (C=O) groups is 3. The highest BCUT2D eigenvalue weighted by molar-refractivity contribution is 5.96. The highest BCUT2D eigenvalue weighted by Crippen LogP contribution is 2.37. The van der Waals surface area contributed by atoms with E-state index in [2.05, 4.69) is 0 Å². The lowest BCUT2D eigenvalue weighted by molar-refractivity contribution is -0.490. The molecule has 0 amide bonds. The first-order valence-corrected chi connectivity index (χ1v) is 9.79. The summed E-state index contributed by atoms with van der Waals surface area (Å²) in [4.78, 5) is 47.3. The van der Waals surface area contributed by atoms with E-state index in [-0.39, 0.29) is 50.1 Å². The quantitative estimate of drug-likeness (QED) is 0.364. The molecular formula is C21H23NO8. The SMILES string of the molecule is CCOC(=O)c1oc2ccccc2c1COC(=O)C[C@H]1C(=O)C[C@@H](C)[C@H]1C[N+](=O)[O-]. The van der Waals surface area contributed by atoms with Crippen LogP contribution in [0.25, 0.3) is 11.0 Å². The Hall–Kier alpha value is -3.23. The number of nitrogens with zero attached hydrogens (tertiary/aromatic N) is 1. The minimum Gasteiger partial charge on any atom is -0.461 e. The van der Waals surface area contributed by atoms with E-state index in [1.165, 1.54) is 0 Å². The van der Waals surface area contributed by atoms with Gasteiger partial charge in [0, 0.05) is 28.6 Å². The van der Waals surface area contributed by atoms with Crippen molar-refractivity contribution in [3.05, 3.63) is 45.7 Å². The Morgan fingerprint density at radius 1 is 1.27 bits per heavy atom. The Balaban J connectivity index is 1.73. The molecule has 1 saturated carbocycles. The van der Waals surface area contributed by atoms with E-state index in [0.717, 1.165) is 0 Å². The Bertz CT molecular complexity index is 979. The van der Waals surface area contributed by atoms with E-state index in [9.17, 15) is 24.5 Å². The summed E-state index contributed by atoms with van der Waals surface area (Å²) in [5.74, 6) is -2.90. The molecule has 9 nitrogen and oxygen atoms in total. The van der Waals surface area contributed by atoms with Crippen molar-refractivity contribution in [2.75, 3.05) is 13.2 Å². The Morgan fingerprint density at radius 2 is 2.00 bits per heavy atom. The van der Waals surface area contributed by atoms with Crippen LogP contribution in [0.4, 0.5) is 0 Å². The van der Waals surface area contributed by atoms with E-state index in [0.29, 0.717) is 16.5 Å². The van der Waals surface area contributed by atoms with Gasteiger partial charge in [0.15, 0.2) is 0 Å². The Morgan fingerprint density at radius 3 is 2.70 bits per heavy atom. The fourth-order valence-corrected chi connectivity index (χ4v) is 3.99. The van der Waals surface area contributed by atoms with Crippen molar-refractivity contribution in [1.29, 1.82) is 0 Å². The van der Waals surface area contributed by atoms with Crippen molar-refractivity contribution >= 4 is 28.7 Å². The average molecular weight is 417 g/mol. The molecule has 1 aromatic heterocycles. The summed E-state index contributed by atoms with van der Waals surface area (Å²) in [5, 5.41) is 11.5. The summed E-state index contributed by atoms with van der Waals surface area (Å²) in [6.07, 6.45) is -0.0119. The number of rotatable bonds is 8. The van der Waals surface area contributed by atoms with Gasteiger partial charge >= 0.3 is 11.9 Å². The molecule has 1 aliphatic rings. The molecule has 1 fully saturated rings. The first-order valence-electron chi connectivity index (χ1n) is 9.79. The third-order valence-corrected chi connectivity index (χ3v) is 5.47. The van der Waals surface area contributed by atoms with Gasteiger partial charge in [0.25, 0.3) is 0 Å². The van der Waals surface area contributed by atoms with Crippen molar-refractivity contribution in [2.45, 2.75) is 33.3 Å². The second kappa shape index (κ2) is 9.06. The van der Waals surface area contributed by atoms with E-state index in [1.54, 1.807) is 38.1 Å². The molecule has 160 valence electrons. The molecule has 0 aliphatic heterocycles. The topological polar surface area (TPSA) is 126 Å². The standard InChI is InChI=1S/C21H23NO8/c1-3-28-21(25)20-16(13-6-4-5-7-18(13)30-20)11-29-19(24)9-14-15(10-22(26)27)12(2)8-17(14)23/h4-7,12,14-15H,3,8-11H2,1-2H3/t12-,14-,15-/m1/s1. The molecule has 30 heavy (non-hydrogen) atoms. The summed E-state index contributed by atoms with van der Waals surface area (Å²) in [7, 11) is 0. The predicted molar refractivity (Wildman–Crippen MR) is 104 cm³/mol. The maximum Gasteiger partial charge on any atom is 0.374 e. The molecule has 0 saturated heterocycles. The number of nitro groups is 1. The zero-order valence-electron chi connectivity index (χ0n) is 16.8. The summed E-state index contributed by atoms with van der Waals surface area (Å²) in [6.45, 7) is 3.02. The monoisotopic (exact) mass is 417 g/mol. The van der Waals surface area contributed by atoms with E-state index in [1.807, 2.05) is 0 Å². The fourth-order valence-electron chi connectivity index (χ4n) is 3.99. The number of carbonyl (C=O) groups excluding carboxylic acids is 3. The van der Waals surface area contributed by atoms with Gasteiger partial charge in [-0.2, -0.15) is 0 Å². The van der Waals surface area contributed by atoms with Crippen LogP contribution in [0, 0.1) is 27.9 Å². The molecule has 2 aromatic rings. The second-order valence-electron chi connectivity index (χ2n) is 7.42. The number of para-hydroxylation sites is 1. The van der Waals surface area contributed by atoms with E-state index in [4.69, 9.17) is 13.9 Å². The van der Waals surface area contributed by atoms with Crippen molar-refractivity contribution in [1.82, 2.24) is 0 Å². The van der Waals surface area contributed by atoms with Gasteiger partial charge in [-0.3, -0.25) is 19.7 Å².